The highest BCUT2D eigenvalue weighted by atomic mass is 16.5. The highest BCUT2D eigenvalue weighted by molar-refractivity contribution is 5.48. The Balaban J connectivity index is 2.66. The first-order valence-electron chi connectivity index (χ1n) is 5.86. The topological polar surface area (TPSA) is 47.3 Å². The molecule has 0 amide bonds. The van der Waals surface area contributed by atoms with Gasteiger partial charge in [0, 0.05) is 19.3 Å². The van der Waals surface area contributed by atoms with Crippen molar-refractivity contribution in [3.05, 3.63) is 29.3 Å². The molecule has 1 rings (SSSR count). The molecular weight excluding hydrogens is 200 g/mol. The zero-order valence-corrected chi connectivity index (χ0v) is 10.3. The van der Waals surface area contributed by atoms with Gasteiger partial charge < -0.3 is 15.8 Å². The molecule has 90 valence electrons. The predicted octanol–water partition coefficient (Wildman–Crippen LogP) is 1.81. The van der Waals surface area contributed by atoms with Crippen LogP contribution >= 0.6 is 0 Å². The average Bonchev–Trinajstić information content (AvgIpc) is 2.31. The number of hydrogen-bond acceptors (Lipinski definition) is 3. The van der Waals surface area contributed by atoms with Gasteiger partial charge in [-0.15, -0.1) is 0 Å². The Morgan fingerprint density at radius 1 is 1.31 bits per heavy atom. The molecule has 0 radical (unpaired) electrons. The van der Waals surface area contributed by atoms with Crippen molar-refractivity contribution in [2.24, 2.45) is 5.73 Å². The van der Waals surface area contributed by atoms with Crippen LogP contribution in [0.15, 0.2) is 18.2 Å². The molecule has 3 nitrogen and oxygen atoms in total. The number of ether oxygens (including phenoxy) is 1. The SMILES string of the molecule is CCc1cc(NCCOC)ccc1CCN. The fraction of sp³-hybridized carbons (Fsp3) is 0.538. The van der Waals surface area contributed by atoms with E-state index in [0.717, 1.165) is 31.7 Å². The molecule has 1 aromatic rings. The maximum absolute atomic E-state index is 5.59. The summed E-state index contributed by atoms with van der Waals surface area (Å²) in [5.41, 5.74) is 9.50. The predicted molar refractivity (Wildman–Crippen MR) is 68.9 cm³/mol. The maximum atomic E-state index is 5.59. The van der Waals surface area contributed by atoms with Crippen molar-refractivity contribution in [3.8, 4) is 0 Å². The largest absolute Gasteiger partial charge is 0.383 e. The van der Waals surface area contributed by atoms with Crippen molar-refractivity contribution in [1.29, 1.82) is 0 Å². The molecule has 0 unspecified atom stereocenters. The number of hydrogen-bond donors (Lipinski definition) is 2. The zero-order valence-electron chi connectivity index (χ0n) is 10.3. The van der Waals surface area contributed by atoms with Crippen LogP contribution in [0, 0.1) is 0 Å². The first-order chi connectivity index (χ1) is 7.81. The lowest BCUT2D eigenvalue weighted by Gasteiger charge is -2.11. The smallest absolute Gasteiger partial charge is 0.0635 e. The van der Waals surface area contributed by atoms with Crippen molar-refractivity contribution in [1.82, 2.24) is 0 Å². The van der Waals surface area contributed by atoms with Crippen LogP contribution in [-0.4, -0.2) is 26.8 Å². The van der Waals surface area contributed by atoms with Gasteiger partial charge in [0.25, 0.3) is 0 Å². The van der Waals surface area contributed by atoms with Gasteiger partial charge in [-0.3, -0.25) is 0 Å². The number of anilines is 1. The molecule has 0 aliphatic rings. The standard InChI is InChI=1S/C13H22N2O/c1-3-11-10-13(15-8-9-16-2)5-4-12(11)6-7-14/h4-5,10,15H,3,6-9,14H2,1-2H3. The minimum atomic E-state index is 0.712. The van der Waals surface area contributed by atoms with Crippen molar-refractivity contribution < 1.29 is 4.74 Å². The molecule has 0 atom stereocenters. The van der Waals surface area contributed by atoms with Gasteiger partial charge in [-0.25, -0.2) is 0 Å². The first-order valence-corrected chi connectivity index (χ1v) is 5.86. The summed E-state index contributed by atoms with van der Waals surface area (Å²) in [4.78, 5) is 0. The third kappa shape index (κ3) is 3.83. The second-order valence-electron chi connectivity index (χ2n) is 3.80. The van der Waals surface area contributed by atoms with E-state index in [-0.39, 0.29) is 0 Å². The van der Waals surface area contributed by atoms with E-state index in [2.05, 4.69) is 30.4 Å². The molecule has 0 saturated heterocycles. The quantitative estimate of drug-likeness (QED) is 0.692. The van der Waals surface area contributed by atoms with E-state index in [9.17, 15) is 0 Å². The van der Waals surface area contributed by atoms with Gasteiger partial charge >= 0.3 is 0 Å². The van der Waals surface area contributed by atoms with Crippen molar-refractivity contribution in [3.63, 3.8) is 0 Å². The molecule has 0 heterocycles. The van der Waals surface area contributed by atoms with Crippen molar-refractivity contribution in [2.45, 2.75) is 19.8 Å². The van der Waals surface area contributed by atoms with Gasteiger partial charge in [-0.2, -0.15) is 0 Å². The average molecular weight is 222 g/mol. The monoisotopic (exact) mass is 222 g/mol. The molecule has 0 spiro atoms. The van der Waals surface area contributed by atoms with Crippen LogP contribution in [0.3, 0.4) is 0 Å². The molecule has 0 aromatic heterocycles. The van der Waals surface area contributed by atoms with Gasteiger partial charge in [0.15, 0.2) is 0 Å². The van der Waals surface area contributed by atoms with Crippen LogP contribution < -0.4 is 11.1 Å². The van der Waals surface area contributed by atoms with Crippen LogP contribution in [0.1, 0.15) is 18.1 Å². The van der Waals surface area contributed by atoms with E-state index in [4.69, 9.17) is 10.5 Å². The molecule has 1 aromatic carbocycles. The van der Waals surface area contributed by atoms with E-state index in [1.54, 1.807) is 7.11 Å². The molecule has 3 heteroatoms. The Hall–Kier alpha value is -1.06. The van der Waals surface area contributed by atoms with Crippen molar-refractivity contribution >= 4 is 5.69 Å². The van der Waals surface area contributed by atoms with Gasteiger partial charge in [0.2, 0.25) is 0 Å². The second kappa shape index (κ2) is 7.25. The van der Waals surface area contributed by atoms with Crippen LogP contribution in [0.4, 0.5) is 5.69 Å². The summed E-state index contributed by atoms with van der Waals surface area (Å²) in [6, 6.07) is 6.49. The van der Waals surface area contributed by atoms with E-state index >= 15 is 0 Å². The van der Waals surface area contributed by atoms with Gasteiger partial charge in [-0.1, -0.05) is 13.0 Å². The highest BCUT2D eigenvalue weighted by Crippen LogP contribution is 2.16. The number of nitrogens with one attached hydrogen (secondary N) is 1. The number of rotatable bonds is 7. The Kier molecular flexibility index (Phi) is 5.90. The highest BCUT2D eigenvalue weighted by Gasteiger charge is 2.01. The number of benzene rings is 1. The fourth-order valence-electron chi connectivity index (χ4n) is 1.76. The van der Waals surface area contributed by atoms with Crippen molar-refractivity contribution in [2.75, 3.05) is 32.1 Å². The van der Waals surface area contributed by atoms with Gasteiger partial charge in [0.05, 0.1) is 6.61 Å². The molecule has 3 N–H and O–H groups in total. The first kappa shape index (κ1) is 13.0. The summed E-state index contributed by atoms with van der Waals surface area (Å²) in [5, 5.41) is 3.33. The summed E-state index contributed by atoms with van der Waals surface area (Å²) in [6.07, 6.45) is 2.01. The number of methoxy groups -OCH3 is 1. The summed E-state index contributed by atoms with van der Waals surface area (Å²) in [7, 11) is 1.71. The summed E-state index contributed by atoms with van der Waals surface area (Å²) in [6.45, 7) is 4.46. The van der Waals surface area contributed by atoms with E-state index in [1.807, 2.05) is 0 Å². The third-order valence-corrected chi connectivity index (χ3v) is 2.64. The molecule has 0 fully saturated rings. The maximum Gasteiger partial charge on any atom is 0.0635 e. The Morgan fingerprint density at radius 2 is 2.12 bits per heavy atom. The Bertz CT molecular complexity index is 313. The lowest BCUT2D eigenvalue weighted by atomic mass is 10.0. The van der Waals surface area contributed by atoms with E-state index < -0.39 is 0 Å². The zero-order chi connectivity index (χ0) is 11.8. The number of nitrogens with two attached hydrogens (primary N) is 1. The summed E-state index contributed by atoms with van der Waals surface area (Å²) < 4.78 is 5.00. The lowest BCUT2D eigenvalue weighted by Crippen LogP contribution is -2.09. The molecule has 0 aliphatic heterocycles. The lowest BCUT2D eigenvalue weighted by molar-refractivity contribution is 0.211. The number of aryl methyl sites for hydroxylation is 1. The van der Waals surface area contributed by atoms with Crippen LogP contribution in [0.2, 0.25) is 0 Å². The third-order valence-electron chi connectivity index (χ3n) is 2.64. The minimum Gasteiger partial charge on any atom is -0.383 e. The van der Waals surface area contributed by atoms with Crippen LogP contribution in [-0.2, 0) is 17.6 Å². The Labute approximate surface area is 98.0 Å². The molecule has 0 aliphatic carbocycles. The van der Waals surface area contributed by atoms with E-state index in [1.165, 1.54) is 11.1 Å². The molecule has 0 saturated carbocycles. The summed E-state index contributed by atoms with van der Waals surface area (Å²) in [5.74, 6) is 0. The van der Waals surface area contributed by atoms with Gasteiger partial charge in [0.1, 0.15) is 0 Å². The minimum absolute atomic E-state index is 0.712. The normalized spacial score (nSPS) is 10.4. The van der Waals surface area contributed by atoms with Crippen LogP contribution in [0.25, 0.3) is 0 Å². The molecule has 0 bridgehead atoms. The molecule has 16 heavy (non-hydrogen) atoms. The molecular formula is C13H22N2O. The second-order valence-corrected chi connectivity index (χ2v) is 3.80. The van der Waals surface area contributed by atoms with Crippen LogP contribution in [0.5, 0.6) is 0 Å². The summed E-state index contributed by atoms with van der Waals surface area (Å²) >= 11 is 0. The fourth-order valence-corrected chi connectivity index (χ4v) is 1.76. The Morgan fingerprint density at radius 3 is 2.75 bits per heavy atom. The van der Waals surface area contributed by atoms with Gasteiger partial charge in [-0.05, 0) is 42.6 Å². The van der Waals surface area contributed by atoms with E-state index in [0.29, 0.717) is 6.54 Å².